The Hall–Kier alpha value is -3.19. The summed E-state index contributed by atoms with van der Waals surface area (Å²) in [6.07, 6.45) is 3.47. The quantitative estimate of drug-likeness (QED) is 0.471. The van der Waals surface area contributed by atoms with E-state index in [2.05, 4.69) is 10.3 Å². The molecule has 0 unspecified atom stereocenters. The number of rotatable bonds is 5. The lowest BCUT2D eigenvalue weighted by Crippen LogP contribution is -2.11. The SMILES string of the molecule is CC.O=C(Nc1ccc(Sc2ccncc2)cc1)c1ccc([N+](=O)[O-])cc1. The summed E-state index contributed by atoms with van der Waals surface area (Å²) in [5.74, 6) is -0.315. The lowest BCUT2D eigenvalue weighted by molar-refractivity contribution is -0.384. The first-order valence-corrected chi connectivity index (χ1v) is 9.17. The van der Waals surface area contributed by atoms with Gasteiger partial charge in [-0.15, -0.1) is 0 Å². The minimum atomic E-state index is -0.499. The molecule has 2 aromatic carbocycles. The maximum Gasteiger partial charge on any atom is 0.269 e. The number of amides is 1. The summed E-state index contributed by atoms with van der Waals surface area (Å²) in [6.45, 7) is 4.00. The molecular weight excluding hydrogens is 362 g/mol. The van der Waals surface area contributed by atoms with Gasteiger partial charge in [-0.3, -0.25) is 19.9 Å². The van der Waals surface area contributed by atoms with E-state index in [0.717, 1.165) is 9.79 Å². The van der Waals surface area contributed by atoms with E-state index in [9.17, 15) is 14.9 Å². The number of aromatic nitrogens is 1. The van der Waals surface area contributed by atoms with Crippen LogP contribution in [0.4, 0.5) is 11.4 Å². The fourth-order valence-corrected chi connectivity index (χ4v) is 2.89. The summed E-state index contributed by atoms with van der Waals surface area (Å²) < 4.78 is 0. The lowest BCUT2D eigenvalue weighted by atomic mass is 10.2. The molecule has 1 amide bonds. The molecule has 3 aromatic rings. The van der Waals surface area contributed by atoms with Crippen LogP contribution in [0.3, 0.4) is 0 Å². The van der Waals surface area contributed by atoms with Crippen molar-refractivity contribution in [2.45, 2.75) is 23.6 Å². The Morgan fingerprint density at radius 3 is 2.04 bits per heavy atom. The molecule has 0 fully saturated rings. The van der Waals surface area contributed by atoms with Crippen molar-refractivity contribution >= 4 is 29.0 Å². The molecule has 0 aliphatic heterocycles. The molecule has 0 atom stereocenters. The average Bonchev–Trinajstić information content (AvgIpc) is 2.72. The second-order valence-corrected chi connectivity index (χ2v) is 6.21. The fourth-order valence-electron chi connectivity index (χ4n) is 2.09. The van der Waals surface area contributed by atoms with E-state index in [1.165, 1.54) is 24.3 Å². The average molecular weight is 381 g/mol. The van der Waals surface area contributed by atoms with Crippen LogP contribution in [0.2, 0.25) is 0 Å². The molecule has 0 saturated carbocycles. The third-order valence-electron chi connectivity index (χ3n) is 3.34. The van der Waals surface area contributed by atoms with Gasteiger partial charge in [-0.1, -0.05) is 25.6 Å². The van der Waals surface area contributed by atoms with Crippen LogP contribution < -0.4 is 5.32 Å². The number of nitrogens with zero attached hydrogens (tertiary/aromatic N) is 2. The first-order chi connectivity index (χ1) is 13.1. The zero-order valence-corrected chi connectivity index (χ0v) is 15.8. The van der Waals surface area contributed by atoms with E-state index in [0.29, 0.717) is 11.3 Å². The first-order valence-electron chi connectivity index (χ1n) is 8.35. The van der Waals surface area contributed by atoms with Crippen LogP contribution in [0.5, 0.6) is 0 Å². The molecule has 0 aliphatic carbocycles. The number of carbonyl (C=O) groups excluding carboxylic acids is 1. The number of anilines is 1. The summed E-state index contributed by atoms with van der Waals surface area (Å²) in [5, 5.41) is 13.4. The predicted octanol–water partition coefficient (Wildman–Crippen LogP) is 5.42. The largest absolute Gasteiger partial charge is 0.322 e. The van der Waals surface area contributed by atoms with Crippen LogP contribution in [0, 0.1) is 10.1 Å². The third kappa shape index (κ3) is 5.93. The third-order valence-corrected chi connectivity index (χ3v) is 4.35. The minimum absolute atomic E-state index is 0.0472. The zero-order chi connectivity index (χ0) is 19.6. The zero-order valence-electron chi connectivity index (χ0n) is 15.0. The van der Waals surface area contributed by atoms with Gasteiger partial charge < -0.3 is 5.32 Å². The number of carbonyl (C=O) groups is 1. The molecule has 0 spiro atoms. The van der Waals surface area contributed by atoms with Crippen LogP contribution in [0.25, 0.3) is 0 Å². The molecule has 0 bridgehead atoms. The predicted molar refractivity (Wildman–Crippen MR) is 107 cm³/mol. The Bertz CT molecular complexity index is 883. The van der Waals surface area contributed by atoms with E-state index >= 15 is 0 Å². The van der Waals surface area contributed by atoms with Crippen molar-refractivity contribution in [2.75, 3.05) is 5.32 Å². The Balaban J connectivity index is 0.00000126. The molecule has 1 aromatic heterocycles. The second kappa shape index (κ2) is 10.1. The van der Waals surface area contributed by atoms with Gasteiger partial charge in [0.2, 0.25) is 0 Å². The smallest absolute Gasteiger partial charge is 0.269 e. The van der Waals surface area contributed by atoms with Crippen LogP contribution in [0.15, 0.2) is 82.8 Å². The molecule has 0 radical (unpaired) electrons. The first kappa shape index (κ1) is 20.1. The number of nitrogens with one attached hydrogen (secondary N) is 1. The molecule has 6 nitrogen and oxygen atoms in total. The summed E-state index contributed by atoms with van der Waals surface area (Å²) in [5.41, 5.74) is 0.970. The molecule has 7 heteroatoms. The molecule has 3 rings (SSSR count). The highest BCUT2D eigenvalue weighted by atomic mass is 32.2. The Labute approximate surface area is 161 Å². The number of nitro groups is 1. The van der Waals surface area contributed by atoms with Gasteiger partial charge in [0.15, 0.2) is 0 Å². The van der Waals surface area contributed by atoms with E-state index in [-0.39, 0.29) is 11.6 Å². The highest BCUT2D eigenvalue weighted by Crippen LogP contribution is 2.28. The Morgan fingerprint density at radius 1 is 0.926 bits per heavy atom. The van der Waals surface area contributed by atoms with E-state index < -0.39 is 4.92 Å². The molecule has 0 saturated heterocycles. The maximum atomic E-state index is 12.2. The number of benzene rings is 2. The number of hydrogen-bond acceptors (Lipinski definition) is 5. The van der Waals surface area contributed by atoms with Gasteiger partial charge in [0, 0.05) is 45.6 Å². The highest BCUT2D eigenvalue weighted by molar-refractivity contribution is 7.99. The molecule has 138 valence electrons. The second-order valence-electron chi connectivity index (χ2n) is 5.07. The Kier molecular flexibility index (Phi) is 7.51. The molecule has 0 aliphatic rings. The van der Waals surface area contributed by atoms with Gasteiger partial charge in [-0.2, -0.15) is 0 Å². The van der Waals surface area contributed by atoms with Crippen LogP contribution in [-0.4, -0.2) is 15.8 Å². The van der Waals surface area contributed by atoms with E-state index in [1.54, 1.807) is 24.2 Å². The van der Waals surface area contributed by atoms with Crippen molar-refractivity contribution in [3.63, 3.8) is 0 Å². The van der Waals surface area contributed by atoms with Crippen LogP contribution in [0.1, 0.15) is 24.2 Å². The fraction of sp³-hybridized carbons (Fsp3) is 0.100. The van der Waals surface area contributed by atoms with Crippen molar-refractivity contribution in [1.29, 1.82) is 0 Å². The summed E-state index contributed by atoms with van der Waals surface area (Å²) in [7, 11) is 0. The number of non-ortho nitro benzene ring substituents is 1. The molecule has 1 N–H and O–H groups in total. The summed E-state index contributed by atoms with van der Waals surface area (Å²) in [4.78, 5) is 28.4. The number of pyridine rings is 1. The summed E-state index contributed by atoms with van der Waals surface area (Å²) >= 11 is 1.60. The summed E-state index contributed by atoms with van der Waals surface area (Å²) in [6, 6.07) is 16.8. The van der Waals surface area contributed by atoms with Gasteiger partial charge in [-0.05, 0) is 48.5 Å². The van der Waals surface area contributed by atoms with Gasteiger partial charge >= 0.3 is 0 Å². The van der Waals surface area contributed by atoms with Crippen molar-refractivity contribution in [3.8, 4) is 0 Å². The number of nitro benzene ring substituents is 1. The maximum absolute atomic E-state index is 12.2. The molecular formula is C20H19N3O3S. The van der Waals surface area contributed by atoms with Gasteiger partial charge in [0.1, 0.15) is 0 Å². The molecule has 27 heavy (non-hydrogen) atoms. The lowest BCUT2D eigenvalue weighted by Gasteiger charge is -2.07. The van der Waals surface area contributed by atoms with E-state index in [1.807, 2.05) is 50.2 Å². The van der Waals surface area contributed by atoms with Crippen molar-refractivity contribution in [3.05, 3.63) is 88.7 Å². The van der Waals surface area contributed by atoms with Gasteiger partial charge in [-0.25, -0.2) is 0 Å². The monoisotopic (exact) mass is 381 g/mol. The molecule has 1 heterocycles. The van der Waals surface area contributed by atoms with Gasteiger partial charge in [0.05, 0.1) is 4.92 Å². The highest BCUT2D eigenvalue weighted by Gasteiger charge is 2.09. The van der Waals surface area contributed by atoms with Crippen molar-refractivity contribution in [2.24, 2.45) is 0 Å². The van der Waals surface area contributed by atoms with Crippen molar-refractivity contribution in [1.82, 2.24) is 4.98 Å². The van der Waals surface area contributed by atoms with Gasteiger partial charge in [0.25, 0.3) is 11.6 Å². The topological polar surface area (TPSA) is 85.1 Å². The number of hydrogen-bond donors (Lipinski definition) is 1. The standard InChI is InChI=1S/C18H13N3O3S.C2H6/c22-18(13-1-5-15(6-2-13)21(23)24)20-14-3-7-16(8-4-14)25-17-9-11-19-12-10-17;1-2/h1-12H,(H,20,22);1-2H3. The van der Waals surface area contributed by atoms with E-state index in [4.69, 9.17) is 0 Å². The van der Waals surface area contributed by atoms with Crippen LogP contribution >= 0.6 is 11.8 Å². The van der Waals surface area contributed by atoms with Crippen LogP contribution in [-0.2, 0) is 0 Å². The Morgan fingerprint density at radius 2 is 1.48 bits per heavy atom. The minimum Gasteiger partial charge on any atom is -0.322 e. The normalized spacial score (nSPS) is 9.70. The van der Waals surface area contributed by atoms with Crippen molar-refractivity contribution < 1.29 is 9.72 Å².